The molecule has 22 heavy (non-hydrogen) atoms. The average molecular weight is 321 g/mol. The lowest BCUT2D eigenvalue weighted by molar-refractivity contribution is -0.270. The van der Waals surface area contributed by atoms with Crippen molar-refractivity contribution in [2.75, 3.05) is 7.11 Å². The fraction of sp³-hybridized carbons (Fsp3) is 0.214. The molecular formula is C14H13N2O5S-. The number of carboxylic acids is 1. The summed E-state index contributed by atoms with van der Waals surface area (Å²) in [6, 6.07) is 4.38. The van der Waals surface area contributed by atoms with Crippen LogP contribution >= 0.6 is 11.8 Å². The first kappa shape index (κ1) is 15.9. The summed E-state index contributed by atoms with van der Waals surface area (Å²) >= 11 is 0.832. The van der Waals surface area contributed by atoms with Gasteiger partial charge in [0, 0.05) is 6.42 Å². The molecule has 0 saturated heterocycles. The molecule has 2 aromatic rings. The van der Waals surface area contributed by atoms with Gasteiger partial charge in [-0.3, -0.25) is 0 Å². The lowest BCUT2D eigenvalue weighted by Crippen LogP contribution is -1.98. The van der Waals surface area contributed by atoms with Crippen LogP contribution in [0, 0.1) is 0 Å². The number of aryl methyl sites for hydroxylation is 1. The van der Waals surface area contributed by atoms with Crippen LogP contribution < -0.4 is 9.84 Å². The van der Waals surface area contributed by atoms with E-state index in [0.29, 0.717) is 17.9 Å². The van der Waals surface area contributed by atoms with Gasteiger partial charge in [-0.2, -0.15) is 0 Å². The Morgan fingerprint density at radius 2 is 2.27 bits per heavy atom. The van der Waals surface area contributed by atoms with Crippen LogP contribution in [0.3, 0.4) is 0 Å². The van der Waals surface area contributed by atoms with Crippen LogP contribution in [-0.4, -0.2) is 28.4 Å². The van der Waals surface area contributed by atoms with Crippen molar-refractivity contribution in [2.24, 2.45) is 0 Å². The predicted molar refractivity (Wildman–Crippen MR) is 77.6 cm³/mol. The maximum Gasteiger partial charge on any atom is 0.342 e. The van der Waals surface area contributed by atoms with Crippen LogP contribution in [0.15, 0.2) is 32.7 Å². The van der Waals surface area contributed by atoms with Crippen LogP contribution in [0.25, 0.3) is 6.08 Å². The summed E-state index contributed by atoms with van der Waals surface area (Å²) in [5, 5.41) is 28.6. The molecule has 0 bridgehead atoms. The van der Waals surface area contributed by atoms with E-state index in [1.54, 1.807) is 6.07 Å². The molecule has 0 amide bonds. The number of methoxy groups -OCH3 is 1. The first-order valence-corrected chi connectivity index (χ1v) is 7.15. The van der Waals surface area contributed by atoms with Gasteiger partial charge in [-0.15, -0.1) is 10.2 Å². The number of rotatable bonds is 6. The van der Waals surface area contributed by atoms with E-state index in [1.807, 2.05) is 6.92 Å². The van der Waals surface area contributed by atoms with Crippen molar-refractivity contribution in [3.8, 4) is 11.5 Å². The normalized spacial score (nSPS) is 11.5. The Morgan fingerprint density at radius 1 is 1.50 bits per heavy atom. The highest BCUT2D eigenvalue weighted by atomic mass is 32.2. The number of hydrogen-bond donors (Lipinski definition) is 1. The lowest BCUT2D eigenvalue weighted by Gasteiger charge is -2.12. The minimum atomic E-state index is -1.15. The fourth-order valence-corrected chi connectivity index (χ4v) is 2.28. The number of carboxylic acid groups (broad SMARTS) is 1. The van der Waals surface area contributed by atoms with E-state index < -0.39 is 5.97 Å². The molecule has 0 aliphatic rings. The number of carbonyl (C=O) groups is 1. The molecule has 0 saturated carbocycles. The van der Waals surface area contributed by atoms with E-state index in [9.17, 15) is 15.0 Å². The van der Waals surface area contributed by atoms with Crippen molar-refractivity contribution in [1.29, 1.82) is 0 Å². The third-order valence-corrected chi connectivity index (χ3v) is 3.50. The molecule has 0 radical (unpaired) electrons. The van der Waals surface area contributed by atoms with Crippen LogP contribution in [-0.2, 0) is 11.2 Å². The minimum absolute atomic E-state index is 0.0316. The first-order chi connectivity index (χ1) is 10.5. The van der Waals surface area contributed by atoms with E-state index in [2.05, 4.69) is 10.2 Å². The molecule has 0 aliphatic heterocycles. The van der Waals surface area contributed by atoms with Gasteiger partial charge in [-0.25, -0.2) is 4.79 Å². The van der Waals surface area contributed by atoms with Gasteiger partial charge in [-0.05, 0) is 29.5 Å². The summed E-state index contributed by atoms with van der Waals surface area (Å²) in [7, 11) is 1.39. The number of ether oxygens (including phenoxy) is 1. The van der Waals surface area contributed by atoms with Crippen LogP contribution in [0.1, 0.15) is 18.4 Å². The number of benzene rings is 1. The topological polar surface area (TPSA) is 109 Å². The summed E-state index contributed by atoms with van der Waals surface area (Å²) in [5.41, 5.74) is 0.450. The maximum absolute atomic E-state index is 11.7. The van der Waals surface area contributed by atoms with Gasteiger partial charge < -0.3 is 19.4 Å². The zero-order valence-corrected chi connectivity index (χ0v) is 12.7. The van der Waals surface area contributed by atoms with Crippen molar-refractivity contribution < 1.29 is 24.2 Å². The van der Waals surface area contributed by atoms with Gasteiger partial charge in [0.2, 0.25) is 5.89 Å². The zero-order chi connectivity index (χ0) is 16.1. The number of thioether (sulfide) groups is 1. The standard InChI is InChI=1S/C14H14N2O5S/c1-3-12-15-16-14(21-12)22-11(13(18)19)7-8-4-5-10(20-2)9(17)6-8/h4-7,17H,3H2,1-2H3,(H,18,19)/p-1/b11-7-. The fourth-order valence-electron chi connectivity index (χ4n) is 1.59. The van der Waals surface area contributed by atoms with Crippen LogP contribution in [0.4, 0.5) is 0 Å². The van der Waals surface area contributed by atoms with E-state index in [-0.39, 0.29) is 21.6 Å². The van der Waals surface area contributed by atoms with Crippen molar-refractivity contribution >= 4 is 23.8 Å². The first-order valence-electron chi connectivity index (χ1n) is 6.33. The highest BCUT2D eigenvalue weighted by molar-refractivity contribution is 8.03. The second-order valence-electron chi connectivity index (χ2n) is 4.14. The van der Waals surface area contributed by atoms with E-state index in [1.165, 1.54) is 25.3 Å². The summed E-state index contributed by atoms with van der Waals surface area (Å²) in [6.07, 6.45) is 1.93. The third-order valence-electron chi connectivity index (χ3n) is 2.64. The molecule has 1 N–H and O–H groups in total. The molecule has 0 spiro atoms. The smallest absolute Gasteiger partial charge is 0.342 e. The quantitative estimate of drug-likeness (QED) is 0.635. The Morgan fingerprint density at radius 3 is 2.82 bits per heavy atom. The summed E-state index contributed by atoms with van der Waals surface area (Å²) in [6.45, 7) is 1.85. The maximum atomic E-state index is 11.7. The largest absolute Gasteiger partial charge is 0.870 e. The molecule has 0 unspecified atom stereocenters. The van der Waals surface area contributed by atoms with Gasteiger partial charge in [0.1, 0.15) is 10.7 Å². The third kappa shape index (κ3) is 3.79. The van der Waals surface area contributed by atoms with Gasteiger partial charge >= 0.3 is 5.97 Å². The Kier molecular flexibility index (Phi) is 5.05. The summed E-state index contributed by atoms with van der Waals surface area (Å²) < 4.78 is 10.1. The second kappa shape index (κ2) is 6.99. The zero-order valence-electron chi connectivity index (χ0n) is 11.9. The van der Waals surface area contributed by atoms with Crippen molar-refractivity contribution in [3.05, 3.63) is 34.6 Å². The predicted octanol–water partition coefficient (Wildman–Crippen LogP) is 1.93. The molecular weight excluding hydrogens is 308 g/mol. The van der Waals surface area contributed by atoms with E-state index in [0.717, 1.165) is 11.8 Å². The molecule has 1 aromatic carbocycles. The number of aliphatic carboxylic acids is 1. The SMILES string of the molecule is CCc1nnc(S/C(=C\c2ccc(OC)c([O-])c2)C(=O)O)o1. The monoisotopic (exact) mass is 321 g/mol. The van der Waals surface area contributed by atoms with Crippen molar-refractivity contribution in [2.45, 2.75) is 18.6 Å². The number of nitrogens with zero attached hydrogens (tertiary/aromatic N) is 2. The van der Waals surface area contributed by atoms with Gasteiger partial charge in [0.25, 0.3) is 5.22 Å². The van der Waals surface area contributed by atoms with Crippen molar-refractivity contribution in [3.63, 3.8) is 0 Å². The molecule has 0 fully saturated rings. The molecule has 1 heterocycles. The van der Waals surface area contributed by atoms with Crippen LogP contribution in [0.5, 0.6) is 11.5 Å². The second-order valence-corrected chi connectivity index (χ2v) is 5.13. The summed E-state index contributed by atoms with van der Waals surface area (Å²) in [4.78, 5) is 11.3. The Labute approximate surface area is 130 Å². The summed E-state index contributed by atoms with van der Waals surface area (Å²) in [5.74, 6) is -0.841. The minimum Gasteiger partial charge on any atom is -0.870 e. The molecule has 0 atom stereocenters. The highest BCUT2D eigenvalue weighted by Crippen LogP contribution is 2.30. The Balaban J connectivity index is 2.26. The number of hydrogen-bond acceptors (Lipinski definition) is 7. The highest BCUT2D eigenvalue weighted by Gasteiger charge is 2.14. The molecule has 0 aliphatic carbocycles. The molecule has 8 heteroatoms. The van der Waals surface area contributed by atoms with E-state index >= 15 is 0 Å². The van der Waals surface area contributed by atoms with Gasteiger partial charge in [-0.1, -0.05) is 24.8 Å². The van der Waals surface area contributed by atoms with Gasteiger partial charge in [0.15, 0.2) is 0 Å². The average Bonchev–Trinajstić information content (AvgIpc) is 2.94. The molecule has 2 rings (SSSR count). The van der Waals surface area contributed by atoms with Crippen LogP contribution in [0.2, 0.25) is 0 Å². The Hall–Kier alpha value is -2.48. The van der Waals surface area contributed by atoms with Gasteiger partial charge in [0.05, 0.1) is 7.11 Å². The molecule has 1 aromatic heterocycles. The van der Waals surface area contributed by atoms with Crippen molar-refractivity contribution in [1.82, 2.24) is 10.2 Å². The molecule has 7 nitrogen and oxygen atoms in total. The number of aromatic nitrogens is 2. The van der Waals surface area contributed by atoms with E-state index in [4.69, 9.17) is 9.15 Å². The Bertz CT molecular complexity index is 711. The molecule has 116 valence electrons. The lowest BCUT2D eigenvalue weighted by atomic mass is 10.2.